The number of carbonyl (C=O) groups excluding carboxylic acids is 1. The molecule has 0 radical (unpaired) electrons. The van der Waals surface area contributed by atoms with Gasteiger partial charge in [0.05, 0.1) is 11.0 Å². The van der Waals surface area contributed by atoms with Crippen LogP contribution in [0, 0.1) is 5.82 Å². The lowest BCUT2D eigenvalue weighted by molar-refractivity contribution is 0.205. The number of fused-ring (bicyclic) bond motifs is 1. The van der Waals surface area contributed by atoms with Crippen LogP contribution >= 0.6 is 0 Å². The second-order valence-corrected chi connectivity index (χ2v) is 5.82. The summed E-state index contributed by atoms with van der Waals surface area (Å²) in [5.41, 5.74) is 1.46. The zero-order chi connectivity index (χ0) is 15.0. The number of amides is 2. The Labute approximate surface area is 122 Å². The quantitative estimate of drug-likeness (QED) is 0.893. The van der Waals surface area contributed by atoms with Crippen molar-refractivity contribution in [1.29, 1.82) is 0 Å². The van der Waals surface area contributed by atoms with Gasteiger partial charge in [-0.25, -0.2) is 14.2 Å². The lowest BCUT2D eigenvalue weighted by atomic mass is 10.1. The van der Waals surface area contributed by atoms with Crippen molar-refractivity contribution in [2.45, 2.75) is 32.2 Å². The number of hydrogen-bond donors (Lipinski definition) is 2. The van der Waals surface area contributed by atoms with Crippen LogP contribution in [0.25, 0.3) is 11.0 Å². The Bertz CT molecular complexity index is 667. The molecule has 3 rings (SSSR count). The van der Waals surface area contributed by atoms with Gasteiger partial charge in [0.15, 0.2) is 0 Å². The number of H-pyrrole nitrogens is 1. The average Bonchev–Trinajstić information content (AvgIpc) is 3.03. The van der Waals surface area contributed by atoms with Crippen molar-refractivity contribution >= 4 is 17.1 Å². The molecule has 2 amide bonds. The zero-order valence-electron chi connectivity index (χ0n) is 12.2. The van der Waals surface area contributed by atoms with Crippen molar-refractivity contribution in [3.63, 3.8) is 0 Å². The number of likely N-dealkylation sites (tertiary alicyclic amines) is 1. The van der Waals surface area contributed by atoms with Gasteiger partial charge in [-0.2, -0.15) is 0 Å². The third kappa shape index (κ3) is 2.84. The summed E-state index contributed by atoms with van der Waals surface area (Å²) in [5, 5.41) is 2.90. The van der Waals surface area contributed by atoms with Crippen LogP contribution in [0.3, 0.4) is 0 Å². The smallest absolute Gasteiger partial charge is 0.317 e. The lowest BCUT2D eigenvalue weighted by Gasteiger charge is -2.18. The first-order valence-electron chi connectivity index (χ1n) is 7.23. The van der Waals surface area contributed by atoms with Gasteiger partial charge >= 0.3 is 6.03 Å². The van der Waals surface area contributed by atoms with E-state index < -0.39 is 0 Å². The monoisotopic (exact) mass is 290 g/mol. The summed E-state index contributed by atoms with van der Waals surface area (Å²) in [6.45, 7) is 5.24. The fourth-order valence-corrected chi connectivity index (χ4v) is 2.70. The largest absolute Gasteiger partial charge is 0.342 e. The fraction of sp³-hybridized carbons (Fsp3) is 0.467. The number of carbonyl (C=O) groups is 1. The number of benzene rings is 1. The fourth-order valence-electron chi connectivity index (χ4n) is 2.70. The van der Waals surface area contributed by atoms with Crippen molar-refractivity contribution in [1.82, 2.24) is 20.2 Å². The van der Waals surface area contributed by atoms with E-state index in [0.717, 1.165) is 17.8 Å². The number of rotatable bonds is 2. The molecule has 2 aromatic rings. The molecule has 1 aliphatic rings. The maximum absolute atomic E-state index is 13.2. The number of urea groups is 1. The van der Waals surface area contributed by atoms with E-state index in [1.807, 2.05) is 13.8 Å². The molecule has 0 saturated carbocycles. The first kappa shape index (κ1) is 13.9. The Morgan fingerprint density at radius 1 is 1.52 bits per heavy atom. The van der Waals surface area contributed by atoms with Gasteiger partial charge in [-0.3, -0.25) is 0 Å². The highest BCUT2D eigenvalue weighted by Gasteiger charge is 2.29. The number of nitrogens with one attached hydrogen (secondary N) is 2. The van der Waals surface area contributed by atoms with E-state index in [4.69, 9.17) is 0 Å². The molecule has 1 aliphatic heterocycles. The molecule has 0 bridgehead atoms. The van der Waals surface area contributed by atoms with Gasteiger partial charge in [-0.05, 0) is 38.5 Å². The van der Waals surface area contributed by atoms with E-state index >= 15 is 0 Å². The third-order valence-electron chi connectivity index (χ3n) is 3.74. The number of nitrogens with zero attached hydrogens (tertiary/aromatic N) is 2. The zero-order valence-corrected chi connectivity index (χ0v) is 12.2. The first-order valence-corrected chi connectivity index (χ1v) is 7.23. The molecule has 1 aromatic carbocycles. The molecule has 0 aliphatic carbocycles. The minimum absolute atomic E-state index is 0.0327. The average molecular weight is 290 g/mol. The number of aromatic nitrogens is 2. The van der Waals surface area contributed by atoms with Crippen LogP contribution in [0.1, 0.15) is 32.0 Å². The van der Waals surface area contributed by atoms with Crippen LogP contribution in [0.2, 0.25) is 0 Å². The molecular formula is C15H19FN4O. The van der Waals surface area contributed by atoms with Gasteiger partial charge in [0.2, 0.25) is 0 Å². The van der Waals surface area contributed by atoms with Crippen LogP contribution in [-0.2, 0) is 0 Å². The van der Waals surface area contributed by atoms with Crippen LogP contribution in [0.4, 0.5) is 9.18 Å². The Morgan fingerprint density at radius 3 is 3.10 bits per heavy atom. The van der Waals surface area contributed by atoms with E-state index in [-0.39, 0.29) is 23.8 Å². The normalized spacial score (nSPS) is 18.7. The molecule has 1 saturated heterocycles. The van der Waals surface area contributed by atoms with Gasteiger partial charge in [0, 0.05) is 25.0 Å². The predicted octanol–water partition coefficient (Wildman–Crippen LogP) is 2.61. The van der Waals surface area contributed by atoms with E-state index in [1.54, 1.807) is 11.0 Å². The summed E-state index contributed by atoms with van der Waals surface area (Å²) in [6.07, 6.45) is 0.869. The molecule has 6 heteroatoms. The molecule has 5 nitrogen and oxygen atoms in total. The maximum atomic E-state index is 13.2. The maximum Gasteiger partial charge on any atom is 0.317 e. The van der Waals surface area contributed by atoms with Crippen LogP contribution < -0.4 is 5.32 Å². The van der Waals surface area contributed by atoms with Crippen molar-refractivity contribution in [2.75, 3.05) is 13.1 Å². The van der Waals surface area contributed by atoms with Crippen molar-refractivity contribution < 1.29 is 9.18 Å². The van der Waals surface area contributed by atoms with Crippen molar-refractivity contribution in [3.05, 3.63) is 29.8 Å². The third-order valence-corrected chi connectivity index (χ3v) is 3.74. The molecule has 1 atom stereocenters. The Kier molecular flexibility index (Phi) is 3.53. The topological polar surface area (TPSA) is 61.0 Å². The Balaban J connectivity index is 1.74. The highest BCUT2D eigenvalue weighted by Crippen LogP contribution is 2.27. The minimum Gasteiger partial charge on any atom is -0.342 e. The highest BCUT2D eigenvalue weighted by molar-refractivity contribution is 5.76. The molecule has 1 fully saturated rings. The Hall–Kier alpha value is -2.11. The Morgan fingerprint density at radius 2 is 2.33 bits per heavy atom. The van der Waals surface area contributed by atoms with Gasteiger partial charge in [0.1, 0.15) is 11.6 Å². The van der Waals surface area contributed by atoms with Gasteiger partial charge in [0.25, 0.3) is 0 Å². The molecule has 2 heterocycles. The second-order valence-electron chi connectivity index (χ2n) is 5.82. The summed E-state index contributed by atoms with van der Waals surface area (Å²) < 4.78 is 13.2. The van der Waals surface area contributed by atoms with E-state index in [1.165, 1.54) is 12.1 Å². The summed E-state index contributed by atoms with van der Waals surface area (Å²) >= 11 is 0. The predicted molar refractivity (Wildman–Crippen MR) is 78.7 cm³/mol. The minimum atomic E-state index is -0.276. The number of imidazole rings is 1. The summed E-state index contributed by atoms with van der Waals surface area (Å²) in [5.74, 6) is 0.732. The van der Waals surface area contributed by atoms with Crippen LogP contribution in [0.15, 0.2) is 18.2 Å². The number of aromatic amines is 1. The van der Waals surface area contributed by atoms with Gasteiger partial charge < -0.3 is 15.2 Å². The summed E-state index contributed by atoms with van der Waals surface area (Å²) in [7, 11) is 0. The number of hydrogen-bond acceptors (Lipinski definition) is 2. The molecule has 0 unspecified atom stereocenters. The van der Waals surface area contributed by atoms with Gasteiger partial charge in [-0.1, -0.05) is 0 Å². The van der Waals surface area contributed by atoms with E-state index in [2.05, 4.69) is 15.3 Å². The second kappa shape index (κ2) is 5.35. The SMILES string of the molecule is CC(C)NC(=O)N1CC[C@H](c2nc3ccc(F)cc3[nH]2)C1. The van der Waals surface area contributed by atoms with E-state index in [9.17, 15) is 9.18 Å². The lowest BCUT2D eigenvalue weighted by Crippen LogP contribution is -2.41. The van der Waals surface area contributed by atoms with Crippen LogP contribution in [0.5, 0.6) is 0 Å². The van der Waals surface area contributed by atoms with Crippen molar-refractivity contribution in [2.24, 2.45) is 0 Å². The van der Waals surface area contributed by atoms with Crippen molar-refractivity contribution in [3.8, 4) is 0 Å². The molecule has 112 valence electrons. The standard InChI is InChI=1S/C15H19FN4O/c1-9(2)17-15(21)20-6-5-10(8-20)14-18-12-4-3-11(16)7-13(12)19-14/h3-4,7,9-10H,5-6,8H2,1-2H3,(H,17,21)(H,18,19)/t10-/m0/s1. The summed E-state index contributed by atoms with van der Waals surface area (Å²) in [4.78, 5) is 21.5. The van der Waals surface area contributed by atoms with Gasteiger partial charge in [-0.15, -0.1) is 0 Å². The molecule has 1 aromatic heterocycles. The molecule has 21 heavy (non-hydrogen) atoms. The summed E-state index contributed by atoms with van der Waals surface area (Å²) in [6, 6.07) is 4.62. The molecular weight excluding hydrogens is 271 g/mol. The molecule has 0 spiro atoms. The first-order chi connectivity index (χ1) is 10.0. The van der Waals surface area contributed by atoms with Crippen LogP contribution in [-0.4, -0.2) is 40.0 Å². The highest BCUT2D eigenvalue weighted by atomic mass is 19.1. The number of halogens is 1. The molecule has 2 N–H and O–H groups in total. The van der Waals surface area contributed by atoms with E-state index in [0.29, 0.717) is 18.6 Å².